The number of amides is 1. The van der Waals surface area contributed by atoms with Gasteiger partial charge in [0.2, 0.25) is 0 Å². The molecule has 1 N–H and O–H groups in total. The minimum absolute atomic E-state index is 0.0317. The van der Waals surface area contributed by atoms with Gasteiger partial charge in [-0.25, -0.2) is 0 Å². The second kappa shape index (κ2) is 12.1. The van der Waals surface area contributed by atoms with Crippen molar-refractivity contribution in [2.75, 3.05) is 0 Å². The van der Waals surface area contributed by atoms with E-state index < -0.39 is 0 Å². The lowest BCUT2D eigenvalue weighted by Gasteiger charge is -2.23. The first-order valence-corrected chi connectivity index (χ1v) is 12.9. The van der Waals surface area contributed by atoms with Crippen LogP contribution in [0.4, 0.5) is 0 Å². The minimum atomic E-state index is -0.0326. The largest absolute Gasteiger partial charge is 0.489 e. The van der Waals surface area contributed by atoms with Crippen molar-refractivity contribution < 1.29 is 9.53 Å². The summed E-state index contributed by atoms with van der Waals surface area (Å²) in [5, 5.41) is 3.36. The van der Waals surface area contributed by atoms with E-state index in [2.05, 4.69) is 90.2 Å². The molecule has 1 amide bonds. The maximum Gasteiger partial charge on any atom is 0.252 e. The Hall–Kier alpha value is -3.07. The second-order valence-corrected chi connectivity index (χ2v) is 10.3. The summed E-state index contributed by atoms with van der Waals surface area (Å²) in [5.74, 6) is 1.16. The third-order valence-electron chi connectivity index (χ3n) is 6.53. The van der Waals surface area contributed by atoms with Crippen LogP contribution in [0.3, 0.4) is 0 Å². The van der Waals surface area contributed by atoms with Gasteiger partial charge in [0, 0.05) is 5.56 Å². The third kappa shape index (κ3) is 7.21. The van der Waals surface area contributed by atoms with Crippen molar-refractivity contribution in [3.63, 3.8) is 0 Å². The molecule has 0 saturated carbocycles. The lowest BCUT2D eigenvalue weighted by atomic mass is 9.93. The lowest BCUT2D eigenvalue weighted by molar-refractivity contribution is 0.0930. The van der Waals surface area contributed by atoms with Gasteiger partial charge in [0.05, 0.1) is 6.04 Å². The maximum absolute atomic E-state index is 13.6. The van der Waals surface area contributed by atoms with Crippen LogP contribution in [0, 0.1) is 33.6 Å². The Morgan fingerprint density at radius 3 is 2.17 bits per heavy atom. The molecule has 0 spiro atoms. The van der Waals surface area contributed by atoms with Crippen molar-refractivity contribution in [2.45, 2.75) is 80.4 Å². The fourth-order valence-electron chi connectivity index (χ4n) is 4.77. The molecule has 3 heteroatoms. The molecule has 186 valence electrons. The smallest absolute Gasteiger partial charge is 0.252 e. The first kappa shape index (κ1) is 26.5. The van der Waals surface area contributed by atoms with E-state index in [0.717, 1.165) is 30.6 Å². The molecule has 0 aliphatic heterocycles. The zero-order valence-electron chi connectivity index (χ0n) is 22.5. The monoisotopic (exact) mass is 471 g/mol. The molecule has 3 aromatic rings. The SMILES string of the molecule is CCCc1ccc(OCc2c(C)cccc2C)cc1C(=O)NC(CC(C)C)c1cc(C)cc(C)c1. The van der Waals surface area contributed by atoms with Crippen LogP contribution in [0.5, 0.6) is 5.75 Å². The maximum atomic E-state index is 13.6. The molecule has 1 atom stereocenters. The summed E-state index contributed by atoms with van der Waals surface area (Å²) >= 11 is 0. The van der Waals surface area contributed by atoms with Crippen LogP contribution in [-0.4, -0.2) is 5.91 Å². The number of benzene rings is 3. The fraction of sp³-hybridized carbons (Fsp3) is 0.406. The second-order valence-electron chi connectivity index (χ2n) is 10.3. The summed E-state index contributed by atoms with van der Waals surface area (Å²) in [4.78, 5) is 13.6. The number of ether oxygens (including phenoxy) is 1. The molecule has 3 aromatic carbocycles. The van der Waals surface area contributed by atoms with Gasteiger partial charge in [0.15, 0.2) is 0 Å². The van der Waals surface area contributed by atoms with Gasteiger partial charge in [-0.1, -0.05) is 80.8 Å². The van der Waals surface area contributed by atoms with E-state index in [1.54, 1.807) is 0 Å². The third-order valence-corrected chi connectivity index (χ3v) is 6.53. The van der Waals surface area contributed by atoms with E-state index in [9.17, 15) is 4.79 Å². The van der Waals surface area contributed by atoms with Crippen molar-refractivity contribution in [3.05, 3.63) is 99.1 Å². The topological polar surface area (TPSA) is 38.3 Å². The Morgan fingerprint density at radius 2 is 1.57 bits per heavy atom. The van der Waals surface area contributed by atoms with Crippen LogP contribution in [0.1, 0.15) is 89.0 Å². The van der Waals surface area contributed by atoms with E-state index in [0.29, 0.717) is 18.1 Å². The molecule has 3 rings (SSSR count). The highest BCUT2D eigenvalue weighted by Gasteiger charge is 2.20. The number of rotatable bonds is 10. The summed E-state index contributed by atoms with van der Waals surface area (Å²) in [5.41, 5.74) is 9.02. The Bertz CT molecular complexity index is 1120. The standard InChI is InChI=1S/C32H41NO2/c1-8-10-26-13-14-28(35-20-30-24(6)11-9-12-25(30)7)19-29(26)32(34)33-31(15-21(2)3)27-17-22(4)16-23(5)18-27/h9,11-14,16-19,21,31H,8,10,15,20H2,1-7H3,(H,33,34). The molecule has 0 heterocycles. The zero-order valence-corrected chi connectivity index (χ0v) is 22.5. The Kier molecular flexibility index (Phi) is 9.14. The Balaban J connectivity index is 1.87. The van der Waals surface area contributed by atoms with Crippen LogP contribution in [-0.2, 0) is 13.0 Å². The molecule has 0 saturated heterocycles. The lowest BCUT2D eigenvalue weighted by Crippen LogP contribution is -2.30. The number of carbonyl (C=O) groups excluding carboxylic acids is 1. The highest BCUT2D eigenvalue weighted by Crippen LogP contribution is 2.26. The van der Waals surface area contributed by atoms with Gasteiger partial charge in [-0.05, 0) is 86.4 Å². The van der Waals surface area contributed by atoms with E-state index in [4.69, 9.17) is 4.74 Å². The zero-order chi connectivity index (χ0) is 25.5. The molecule has 0 aliphatic carbocycles. The van der Waals surface area contributed by atoms with Gasteiger partial charge in [0.1, 0.15) is 12.4 Å². The van der Waals surface area contributed by atoms with E-state index in [1.165, 1.54) is 33.4 Å². The molecule has 0 aliphatic rings. The molecule has 0 fully saturated rings. The Morgan fingerprint density at radius 1 is 0.914 bits per heavy atom. The summed E-state index contributed by atoms with van der Waals surface area (Å²) in [7, 11) is 0. The van der Waals surface area contributed by atoms with Crippen LogP contribution < -0.4 is 10.1 Å². The average Bonchev–Trinajstić information content (AvgIpc) is 2.78. The minimum Gasteiger partial charge on any atom is -0.489 e. The predicted molar refractivity (Wildman–Crippen MR) is 146 cm³/mol. The van der Waals surface area contributed by atoms with Crippen molar-refractivity contribution >= 4 is 5.91 Å². The summed E-state index contributed by atoms with van der Waals surface area (Å²) in [6.45, 7) is 15.5. The number of carbonyl (C=O) groups is 1. The summed E-state index contributed by atoms with van der Waals surface area (Å²) in [6, 6.07) is 18.8. The molecule has 1 unspecified atom stereocenters. The van der Waals surface area contributed by atoms with E-state index in [1.807, 2.05) is 18.2 Å². The van der Waals surface area contributed by atoms with Crippen LogP contribution >= 0.6 is 0 Å². The highest BCUT2D eigenvalue weighted by atomic mass is 16.5. The Labute approximate surface area is 211 Å². The van der Waals surface area contributed by atoms with E-state index in [-0.39, 0.29) is 11.9 Å². The van der Waals surface area contributed by atoms with Crippen molar-refractivity contribution in [1.82, 2.24) is 5.32 Å². The summed E-state index contributed by atoms with van der Waals surface area (Å²) in [6.07, 6.45) is 2.73. The molecular weight excluding hydrogens is 430 g/mol. The van der Waals surface area contributed by atoms with Crippen LogP contribution in [0.15, 0.2) is 54.6 Å². The normalized spacial score (nSPS) is 12.0. The van der Waals surface area contributed by atoms with Gasteiger partial charge < -0.3 is 10.1 Å². The number of hydrogen-bond donors (Lipinski definition) is 1. The first-order chi connectivity index (χ1) is 16.7. The number of aryl methyl sites for hydroxylation is 5. The molecule has 0 radical (unpaired) electrons. The molecule has 3 nitrogen and oxygen atoms in total. The quantitative estimate of drug-likeness (QED) is 0.326. The van der Waals surface area contributed by atoms with Gasteiger partial charge in [0.25, 0.3) is 5.91 Å². The van der Waals surface area contributed by atoms with Crippen molar-refractivity contribution in [2.24, 2.45) is 5.92 Å². The summed E-state index contributed by atoms with van der Waals surface area (Å²) < 4.78 is 6.18. The van der Waals surface area contributed by atoms with Crippen molar-refractivity contribution in [3.8, 4) is 5.75 Å². The first-order valence-electron chi connectivity index (χ1n) is 12.9. The van der Waals surface area contributed by atoms with Gasteiger partial charge in [-0.15, -0.1) is 0 Å². The number of hydrogen-bond acceptors (Lipinski definition) is 2. The predicted octanol–water partition coefficient (Wildman–Crippen LogP) is 7.97. The average molecular weight is 472 g/mol. The van der Waals surface area contributed by atoms with Gasteiger partial charge in [-0.3, -0.25) is 4.79 Å². The van der Waals surface area contributed by atoms with E-state index >= 15 is 0 Å². The van der Waals surface area contributed by atoms with Gasteiger partial charge >= 0.3 is 0 Å². The van der Waals surface area contributed by atoms with Gasteiger partial charge in [-0.2, -0.15) is 0 Å². The molecular formula is C32H41NO2. The van der Waals surface area contributed by atoms with Crippen LogP contribution in [0.2, 0.25) is 0 Å². The number of nitrogens with one attached hydrogen (secondary N) is 1. The fourth-order valence-corrected chi connectivity index (χ4v) is 4.77. The van der Waals surface area contributed by atoms with Crippen molar-refractivity contribution in [1.29, 1.82) is 0 Å². The highest BCUT2D eigenvalue weighted by molar-refractivity contribution is 5.96. The van der Waals surface area contributed by atoms with Crippen LogP contribution in [0.25, 0.3) is 0 Å². The molecule has 0 bridgehead atoms. The molecule has 0 aromatic heterocycles. The molecule has 35 heavy (non-hydrogen) atoms.